The molecular weight excluding hydrogens is 402 g/mol. The molecular formula is C22H29N3O2S2. The molecule has 29 heavy (non-hydrogen) atoms. The van der Waals surface area contributed by atoms with Gasteiger partial charge in [0.15, 0.2) is 5.16 Å². The fourth-order valence-electron chi connectivity index (χ4n) is 5.17. The Bertz CT molecular complexity index is 984. The lowest BCUT2D eigenvalue weighted by Gasteiger charge is -2.22. The van der Waals surface area contributed by atoms with Crippen LogP contribution in [-0.2, 0) is 17.6 Å². The monoisotopic (exact) mass is 431 g/mol. The topological polar surface area (TPSA) is 55.2 Å². The third-order valence-corrected chi connectivity index (χ3v) is 8.97. The van der Waals surface area contributed by atoms with E-state index in [0.717, 1.165) is 67.0 Å². The summed E-state index contributed by atoms with van der Waals surface area (Å²) in [7, 11) is 0. The summed E-state index contributed by atoms with van der Waals surface area (Å²) in [6.45, 7) is 3.70. The molecule has 7 heteroatoms. The number of hydrogen-bond donors (Lipinski definition) is 0. The number of hydrogen-bond acceptors (Lipinski definition) is 5. The van der Waals surface area contributed by atoms with Crippen molar-refractivity contribution in [1.29, 1.82) is 0 Å². The summed E-state index contributed by atoms with van der Waals surface area (Å²) in [5.41, 5.74) is 1.41. The lowest BCUT2D eigenvalue weighted by Crippen LogP contribution is -2.35. The van der Waals surface area contributed by atoms with Crippen molar-refractivity contribution in [3.05, 3.63) is 20.8 Å². The highest BCUT2D eigenvalue weighted by Crippen LogP contribution is 2.38. The van der Waals surface area contributed by atoms with Crippen molar-refractivity contribution in [2.75, 3.05) is 13.1 Å². The maximum atomic E-state index is 13.7. The first-order valence-corrected chi connectivity index (χ1v) is 12.9. The predicted octanol–water partition coefficient (Wildman–Crippen LogP) is 4.55. The largest absolute Gasteiger partial charge is 0.342 e. The summed E-state index contributed by atoms with van der Waals surface area (Å²) in [4.78, 5) is 35.8. The number of thiophene rings is 1. The normalized spacial score (nSPS) is 21.1. The first-order valence-electron chi connectivity index (χ1n) is 11.2. The summed E-state index contributed by atoms with van der Waals surface area (Å²) < 4.78 is 1.97. The van der Waals surface area contributed by atoms with Gasteiger partial charge in [-0.2, -0.15) is 0 Å². The van der Waals surface area contributed by atoms with Gasteiger partial charge in [0.2, 0.25) is 5.91 Å². The van der Waals surface area contributed by atoms with Crippen LogP contribution in [0.5, 0.6) is 0 Å². The molecule has 2 aliphatic carbocycles. The van der Waals surface area contributed by atoms with Gasteiger partial charge in [-0.15, -0.1) is 11.3 Å². The van der Waals surface area contributed by atoms with E-state index in [-0.39, 0.29) is 22.8 Å². The van der Waals surface area contributed by atoms with Crippen molar-refractivity contribution in [3.8, 4) is 0 Å². The molecule has 0 N–H and O–H groups in total. The number of nitrogens with zero attached hydrogens (tertiary/aromatic N) is 3. The van der Waals surface area contributed by atoms with Gasteiger partial charge in [-0.1, -0.05) is 24.6 Å². The van der Waals surface area contributed by atoms with Crippen molar-refractivity contribution in [1.82, 2.24) is 14.5 Å². The second kappa shape index (κ2) is 8.06. The van der Waals surface area contributed by atoms with Crippen molar-refractivity contribution in [3.63, 3.8) is 0 Å². The van der Waals surface area contributed by atoms with E-state index in [0.29, 0.717) is 0 Å². The molecule has 0 radical (unpaired) electrons. The van der Waals surface area contributed by atoms with Crippen LogP contribution in [0, 0.1) is 0 Å². The maximum Gasteiger partial charge on any atom is 0.263 e. The van der Waals surface area contributed by atoms with E-state index in [1.165, 1.54) is 47.9 Å². The van der Waals surface area contributed by atoms with Crippen LogP contribution in [0.1, 0.15) is 74.8 Å². The van der Waals surface area contributed by atoms with Gasteiger partial charge in [-0.3, -0.25) is 14.2 Å². The molecule has 0 aromatic carbocycles. The molecule has 3 aliphatic rings. The number of thioether (sulfide) groups is 1. The van der Waals surface area contributed by atoms with Crippen LogP contribution in [0.15, 0.2) is 9.95 Å². The molecule has 3 heterocycles. The quantitative estimate of drug-likeness (QED) is 0.526. The van der Waals surface area contributed by atoms with Crippen LogP contribution in [0.3, 0.4) is 0 Å². The fourth-order valence-corrected chi connectivity index (χ4v) is 7.53. The summed E-state index contributed by atoms with van der Waals surface area (Å²) in [6, 6.07) is 0.232. The molecule has 5 rings (SSSR count). The van der Waals surface area contributed by atoms with E-state index in [1.54, 1.807) is 11.3 Å². The highest BCUT2D eigenvalue weighted by Gasteiger charge is 2.30. The Morgan fingerprint density at radius 3 is 2.59 bits per heavy atom. The van der Waals surface area contributed by atoms with E-state index < -0.39 is 0 Å². The second-order valence-corrected chi connectivity index (χ2v) is 11.1. The van der Waals surface area contributed by atoms with Gasteiger partial charge in [0, 0.05) is 24.0 Å². The van der Waals surface area contributed by atoms with Gasteiger partial charge in [0.05, 0.1) is 10.6 Å². The van der Waals surface area contributed by atoms with Crippen molar-refractivity contribution < 1.29 is 4.79 Å². The number of aryl methyl sites for hydroxylation is 2. The Morgan fingerprint density at radius 1 is 1.10 bits per heavy atom. The lowest BCUT2D eigenvalue weighted by atomic mass is 9.97. The average molecular weight is 432 g/mol. The third-order valence-electron chi connectivity index (χ3n) is 6.73. The lowest BCUT2D eigenvalue weighted by molar-refractivity contribution is -0.129. The summed E-state index contributed by atoms with van der Waals surface area (Å²) in [6.07, 6.45) is 11.1. The zero-order valence-electron chi connectivity index (χ0n) is 17.1. The minimum atomic E-state index is -0.209. The summed E-state index contributed by atoms with van der Waals surface area (Å²) >= 11 is 3.20. The van der Waals surface area contributed by atoms with Crippen LogP contribution in [0.25, 0.3) is 10.2 Å². The molecule has 0 spiro atoms. The Kier molecular flexibility index (Phi) is 5.45. The van der Waals surface area contributed by atoms with Gasteiger partial charge >= 0.3 is 0 Å². The van der Waals surface area contributed by atoms with Crippen LogP contribution < -0.4 is 5.56 Å². The molecule has 5 nitrogen and oxygen atoms in total. The first kappa shape index (κ1) is 19.6. The van der Waals surface area contributed by atoms with E-state index in [9.17, 15) is 9.59 Å². The number of amides is 1. The van der Waals surface area contributed by atoms with Gasteiger partial charge in [0.25, 0.3) is 5.56 Å². The molecule has 2 fully saturated rings. The number of likely N-dealkylation sites (tertiary alicyclic amines) is 1. The number of carbonyl (C=O) groups excluding carboxylic acids is 1. The van der Waals surface area contributed by atoms with Gasteiger partial charge in [0.1, 0.15) is 4.83 Å². The number of rotatable bonds is 4. The molecule has 2 aromatic rings. The Hall–Kier alpha value is -1.34. The summed E-state index contributed by atoms with van der Waals surface area (Å²) in [5, 5.41) is 1.42. The molecule has 1 unspecified atom stereocenters. The van der Waals surface area contributed by atoms with Crippen LogP contribution in [0.2, 0.25) is 0 Å². The Balaban J connectivity index is 1.56. The van der Waals surface area contributed by atoms with Gasteiger partial charge < -0.3 is 4.90 Å². The molecule has 1 aliphatic heterocycles. The van der Waals surface area contributed by atoms with Crippen molar-refractivity contribution in [2.24, 2.45) is 0 Å². The minimum absolute atomic E-state index is 0.143. The standard InChI is InChI=1S/C22H29N3O2S2/c1-14(20(26)24-12-6-7-13-24)28-22-23-19-18(16-10-4-5-11-17(16)29-19)21(27)25(22)15-8-2-3-9-15/h14-15H,2-13H2,1H3. The number of carbonyl (C=O) groups is 1. The number of aromatic nitrogens is 2. The average Bonchev–Trinajstić information content (AvgIpc) is 3.47. The van der Waals surface area contributed by atoms with Crippen LogP contribution >= 0.6 is 23.1 Å². The fraction of sp³-hybridized carbons (Fsp3) is 0.682. The maximum absolute atomic E-state index is 13.7. The smallest absolute Gasteiger partial charge is 0.263 e. The van der Waals surface area contributed by atoms with E-state index in [4.69, 9.17) is 4.98 Å². The van der Waals surface area contributed by atoms with E-state index >= 15 is 0 Å². The molecule has 1 amide bonds. The van der Waals surface area contributed by atoms with Crippen LogP contribution in [0.4, 0.5) is 0 Å². The minimum Gasteiger partial charge on any atom is -0.342 e. The summed E-state index contributed by atoms with van der Waals surface area (Å²) in [5.74, 6) is 0.185. The third kappa shape index (κ3) is 3.54. The van der Waals surface area contributed by atoms with Crippen molar-refractivity contribution >= 4 is 39.2 Å². The van der Waals surface area contributed by atoms with E-state index in [2.05, 4.69) is 0 Å². The highest BCUT2D eigenvalue weighted by molar-refractivity contribution is 8.00. The zero-order valence-corrected chi connectivity index (χ0v) is 18.7. The molecule has 2 aromatic heterocycles. The molecule has 156 valence electrons. The van der Waals surface area contributed by atoms with E-state index in [1.807, 2.05) is 16.4 Å². The molecule has 1 atom stereocenters. The second-order valence-electron chi connectivity index (χ2n) is 8.69. The van der Waals surface area contributed by atoms with Crippen LogP contribution in [-0.4, -0.2) is 38.7 Å². The van der Waals surface area contributed by atoms with Gasteiger partial charge in [-0.25, -0.2) is 4.98 Å². The Labute approximate surface area is 179 Å². The zero-order chi connectivity index (χ0) is 20.0. The molecule has 1 saturated carbocycles. The Morgan fingerprint density at radius 2 is 1.83 bits per heavy atom. The molecule has 0 bridgehead atoms. The number of fused-ring (bicyclic) bond motifs is 3. The SMILES string of the molecule is CC(Sc1nc2sc3c(c2c(=O)n1C1CCCC1)CCCC3)C(=O)N1CCCC1. The first-order chi connectivity index (χ1) is 14.1. The van der Waals surface area contributed by atoms with Crippen molar-refractivity contribution in [2.45, 2.75) is 87.6 Å². The van der Waals surface area contributed by atoms with Gasteiger partial charge in [-0.05, 0) is 63.9 Å². The highest BCUT2D eigenvalue weighted by atomic mass is 32.2. The molecule has 1 saturated heterocycles. The predicted molar refractivity (Wildman–Crippen MR) is 119 cm³/mol.